The van der Waals surface area contributed by atoms with Crippen molar-refractivity contribution in [3.05, 3.63) is 0 Å². The first-order chi connectivity index (χ1) is 0. The van der Waals surface area contributed by atoms with Gasteiger partial charge >= 0.3 is 0 Å². The van der Waals surface area contributed by atoms with Crippen molar-refractivity contribution in [3.63, 3.8) is 0 Å². The molecule has 0 aromatic heterocycles. The van der Waals surface area contributed by atoms with Gasteiger partial charge in [0, 0.05) is 37.8 Å². The van der Waals surface area contributed by atoms with Crippen LogP contribution >= 0.6 is 0 Å². The fourth-order valence-electron chi connectivity index (χ4n) is 0. The van der Waals surface area contributed by atoms with Gasteiger partial charge in [0.15, 0.2) is 0 Å². The molecule has 0 aliphatic carbocycles. The summed E-state index contributed by atoms with van der Waals surface area (Å²) in [6.45, 7) is 0. The predicted octanol–water partition coefficient (Wildman–Crippen LogP) is -2.03. The van der Waals surface area contributed by atoms with Gasteiger partial charge in [-0.3, -0.25) is 0 Å². The van der Waals surface area contributed by atoms with Gasteiger partial charge in [-0.05, 0) is 0 Å². The second-order valence-electron chi connectivity index (χ2n) is 0. The third-order valence-electron chi connectivity index (χ3n) is 0. The summed E-state index contributed by atoms with van der Waals surface area (Å²) in [5, 5.41) is 0. The minimum absolute atomic E-state index is 0. The van der Waals surface area contributed by atoms with E-state index in [1.54, 1.807) is 0 Å². The van der Waals surface area contributed by atoms with Crippen LogP contribution in [0.2, 0.25) is 0 Å². The quantitative estimate of drug-likeness (QED) is 0.376. The summed E-state index contributed by atoms with van der Waals surface area (Å²) in [7, 11) is 0. The van der Waals surface area contributed by atoms with Gasteiger partial charge in [-0.25, -0.2) is 0 Å². The number of hydrogen-bond donors (Lipinski definition) is 0. The fraction of sp³-hybridized carbons (Fsp3) is 0. The molecular formula is H4AlO2Pd. The molecule has 29 valence electrons. The van der Waals surface area contributed by atoms with Crippen molar-refractivity contribution in [2.75, 3.05) is 0 Å². The van der Waals surface area contributed by atoms with Crippen LogP contribution < -0.4 is 0 Å². The summed E-state index contributed by atoms with van der Waals surface area (Å²) in [6.07, 6.45) is 0. The molecule has 0 aliphatic rings. The van der Waals surface area contributed by atoms with E-state index in [9.17, 15) is 0 Å². The molecule has 0 fully saturated rings. The van der Waals surface area contributed by atoms with Gasteiger partial charge in [0.2, 0.25) is 0 Å². The van der Waals surface area contributed by atoms with Crippen LogP contribution in [0.25, 0.3) is 0 Å². The summed E-state index contributed by atoms with van der Waals surface area (Å²) < 4.78 is 0. The predicted molar refractivity (Wildman–Crippen MR) is 13.0 cm³/mol. The largest absolute Gasteiger partial charge is 0.412 e. The molecule has 0 heterocycles. The van der Waals surface area contributed by atoms with E-state index in [1.807, 2.05) is 0 Å². The summed E-state index contributed by atoms with van der Waals surface area (Å²) in [4.78, 5) is 0. The number of hydrogen-bond acceptors (Lipinski definition) is 0. The third kappa shape index (κ3) is 11.2. The van der Waals surface area contributed by atoms with Crippen molar-refractivity contribution in [2.45, 2.75) is 0 Å². The third-order valence-corrected chi connectivity index (χ3v) is 0. The molecule has 0 amide bonds. The van der Waals surface area contributed by atoms with Crippen molar-refractivity contribution < 1.29 is 31.4 Å². The van der Waals surface area contributed by atoms with Crippen LogP contribution in [0.4, 0.5) is 0 Å². The molecular weight excluding hydrogens is 165 g/mol. The topological polar surface area (TPSA) is 63.0 Å². The summed E-state index contributed by atoms with van der Waals surface area (Å²) in [6, 6.07) is 0. The molecule has 0 rings (SSSR count). The van der Waals surface area contributed by atoms with E-state index in [4.69, 9.17) is 0 Å². The maximum Gasteiger partial charge on any atom is 0 e. The normalized spacial score (nSPS) is 0. The van der Waals surface area contributed by atoms with Gasteiger partial charge < -0.3 is 11.0 Å². The van der Waals surface area contributed by atoms with Crippen LogP contribution in [0.3, 0.4) is 0 Å². The minimum Gasteiger partial charge on any atom is -0.412 e. The van der Waals surface area contributed by atoms with Crippen LogP contribution in [0.1, 0.15) is 0 Å². The van der Waals surface area contributed by atoms with E-state index in [0.29, 0.717) is 0 Å². The molecule has 0 aliphatic heterocycles. The molecule has 4 N–H and O–H groups in total. The molecule has 0 atom stereocenters. The van der Waals surface area contributed by atoms with Gasteiger partial charge in [0.05, 0.1) is 0 Å². The van der Waals surface area contributed by atoms with Crippen LogP contribution in [0, 0.1) is 0 Å². The average Bonchev–Trinajstić information content (AvgIpc) is 0. The van der Waals surface area contributed by atoms with Crippen LogP contribution in [0.5, 0.6) is 0 Å². The Morgan fingerprint density at radius 3 is 0.750 bits per heavy atom. The molecule has 0 unspecified atom stereocenters. The van der Waals surface area contributed by atoms with E-state index in [1.165, 1.54) is 0 Å². The monoisotopic (exact) mass is 169 g/mol. The molecule has 0 aromatic carbocycles. The Hall–Kier alpha value is 1.11. The zero-order valence-electron chi connectivity index (χ0n) is 1.89. The second-order valence-corrected chi connectivity index (χ2v) is 0. The Bertz CT molecular complexity index is 6.00. The Kier molecular flexibility index (Phi) is 560. The van der Waals surface area contributed by atoms with Crippen molar-refractivity contribution in [2.24, 2.45) is 0 Å². The Labute approximate surface area is 49.0 Å². The molecule has 0 bridgehead atoms. The Morgan fingerprint density at radius 2 is 0.750 bits per heavy atom. The van der Waals surface area contributed by atoms with Gasteiger partial charge in [-0.2, -0.15) is 0 Å². The van der Waals surface area contributed by atoms with E-state index in [0.717, 1.165) is 0 Å². The van der Waals surface area contributed by atoms with Gasteiger partial charge in [0.1, 0.15) is 0 Å². The van der Waals surface area contributed by atoms with Crippen molar-refractivity contribution >= 4 is 17.4 Å². The molecule has 0 saturated heterocycles. The van der Waals surface area contributed by atoms with Gasteiger partial charge in [-0.15, -0.1) is 0 Å². The van der Waals surface area contributed by atoms with Gasteiger partial charge in [0.25, 0.3) is 0 Å². The summed E-state index contributed by atoms with van der Waals surface area (Å²) >= 11 is 0. The first-order valence-electron chi connectivity index (χ1n) is 0. The van der Waals surface area contributed by atoms with E-state index in [2.05, 4.69) is 0 Å². The molecule has 0 aromatic rings. The average molecular weight is 169 g/mol. The van der Waals surface area contributed by atoms with Crippen LogP contribution in [-0.2, 0) is 20.4 Å². The molecule has 4 heteroatoms. The molecule has 3 radical (unpaired) electrons. The van der Waals surface area contributed by atoms with Crippen molar-refractivity contribution in [1.29, 1.82) is 0 Å². The van der Waals surface area contributed by atoms with Crippen molar-refractivity contribution in [1.82, 2.24) is 0 Å². The maximum absolute atomic E-state index is 0. The summed E-state index contributed by atoms with van der Waals surface area (Å²) in [5.74, 6) is 0. The summed E-state index contributed by atoms with van der Waals surface area (Å²) in [5.41, 5.74) is 0. The van der Waals surface area contributed by atoms with Crippen LogP contribution in [0.15, 0.2) is 0 Å². The van der Waals surface area contributed by atoms with E-state index >= 15 is 0 Å². The standard InChI is InChI=1S/Al.2H2O.Pd/h;2*1H2;. The zero-order valence-corrected chi connectivity index (χ0v) is 4.60. The molecule has 0 saturated carbocycles. The van der Waals surface area contributed by atoms with E-state index in [-0.39, 0.29) is 48.7 Å². The van der Waals surface area contributed by atoms with Crippen molar-refractivity contribution in [3.8, 4) is 0 Å². The Morgan fingerprint density at radius 1 is 0.750 bits per heavy atom. The zero-order chi connectivity index (χ0) is 0. The number of rotatable bonds is 0. The van der Waals surface area contributed by atoms with E-state index < -0.39 is 0 Å². The SMILES string of the molecule is O.O.[Al].[Pd]. The first kappa shape index (κ1) is 69.7. The minimum atomic E-state index is 0. The molecule has 4 heavy (non-hydrogen) atoms. The second kappa shape index (κ2) is 32.1. The molecule has 0 spiro atoms. The molecule has 2 nitrogen and oxygen atoms in total. The fourth-order valence-corrected chi connectivity index (χ4v) is 0. The van der Waals surface area contributed by atoms with Crippen LogP contribution in [-0.4, -0.2) is 28.3 Å². The smallest absolute Gasteiger partial charge is 0 e. The first-order valence-corrected chi connectivity index (χ1v) is 0. The van der Waals surface area contributed by atoms with Gasteiger partial charge in [-0.1, -0.05) is 0 Å². The Balaban J connectivity index is 0. The maximum atomic E-state index is 0.